The van der Waals surface area contributed by atoms with Crippen molar-refractivity contribution in [2.75, 3.05) is 25.5 Å². The molecule has 0 aliphatic rings. The van der Waals surface area contributed by atoms with E-state index in [1.165, 1.54) is 12.1 Å². The Kier molecular flexibility index (Phi) is 7.01. The van der Waals surface area contributed by atoms with Crippen LogP contribution in [-0.2, 0) is 4.74 Å². The van der Waals surface area contributed by atoms with Crippen molar-refractivity contribution >= 4 is 11.6 Å². The fourth-order valence-electron chi connectivity index (χ4n) is 1.66. The number of hydrogen-bond donors (Lipinski definition) is 2. The SMILES string of the molecule is CCCCOCCCNC(=O)c1cc(N)c(C)c(F)c1. The smallest absolute Gasteiger partial charge is 0.251 e. The summed E-state index contributed by atoms with van der Waals surface area (Å²) in [5.41, 5.74) is 6.55. The molecule has 0 fully saturated rings. The maximum Gasteiger partial charge on any atom is 0.251 e. The van der Waals surface area contributed by atoms with E-state index < -0.39 is 5.82 Å². The topological polar surface area (TPSA) is 64.3 Å². The molecule has 0 aromatic heterocycles. The van der Waals surface area contributed by atoms with Crippen molar-refractivity contribution in [2.45, 2.75) is 33.1 Å². The Labute approximate surface area is 119 Å². The molecular weight excluding hydrogens is 259 g/mol. The molecule has 1 rings (SSSR count). The monoisotopic (exact) mass is 282 g/mol. The van der Waals surface area contributed by atoms with E-state index in [0.717, 1.165) is 25.9 Å². The van der Waals surface area contributed by atoms with Crippen molar-refractivity contribution in [3.8, 4) is 0 Å². The molecule has 20 heavy (non-hydrogen) atoms. The molecule has 5 heteroatoms. The number of unbranched alkanes of at least 4 members (excludes halogenated alkanes) is 1. The zero-order valence-electron chi connectivity index (χ0n) is 12.2. The molecule has 0 aliphatic heterocycles. The van der Waals surface area contributed by atoms with Gasteiger partial charge in [0.2, 0.25) is 0 Å². The van der Waals surface area contributed by atoms with Crippen LogP contribution in [0, 0.1) is 12.7 Å². The average Bonchev–Trinajstić information content (AvgIpc) is 2.43. The molecule has 0 radical (unpaired) electrons. The van der Waals surface area contributed by atoms with E-state index in [1.807, 2.05) is 0 Å². The van der Waals surface area contributed by atoms with Gasteiger partial charge in [0.25, 0.3) is 5.91 Å². The van der Waals surface area contributed by atoms with Crippen LogP contribution in [0.5, 0.6) is 0 Å². The molecule has 0 spiro atoms. The maximum absolute atomic E-state index is 13.5. The van der Waals surface area contributed by atoms with Gasteiger partial charge in [0.05, 0.1) is 0 Å². The zero-order valence-corrected chi connectivity index (χ0v) is 12.2. The van der Waals surface area contributed by atoms with E-state index in [9.17, 15) is 9.18 Å². The van der Waals surface area contributed by atoms with Crippen molar-refractivity contribution in [3.05, 3.63) is 29.1 Å². The number of carbonyl (C=O) groups excluding carboxylic acids is 1. The van der Waals surface area contributed by atoms with E-state index in [1.54, 1.807) is 6.92 Å². The van der Waals surface area contributed by atoms with Crippen molar-refractivity contribution in [2.24, 2.45) is 0 Å². The summed E-state index contributed by atoms with van der Waals surface area (Å²) in [5, 5.41) is 2.72. The second-order valence-corrected chi connectivity index (χ2v) is 4.75. The lowest BCUT2D eigenvalue weighted by Crippen LogP contribution is -2.25. The third kappa shape index (κ3) is 5.17. The summed E-state index contributed by atoms with van der Waals surface area (Å²) in [5.74, 6) is -0.776. The summed E-state index contributed by atoms with van der Waals surface area (Å²) in [6, 6.07) is 2.70. The molecule has 0 aliphatic carbocycles. The summed E-state index contributed by atoms with van der Waals surface area (Å²) >= 11 is 0. The van der Waals surface area contributed by atoms with Crippen molar-refractivity contribution in [1.82, 2.24) is 5.32 Å². The van der Waals surface area contributed by atoms with Gasteiger partial charge in [0.15, 0.2) is 0 Å². The van der Waals surface area contributed by atoms with E-state index in [-0.39, 0.29) is 17.2 Å². The molecule has 0 atom stereocenters. The first-order valence-electron chi connectivity index (χ1n) is 6.97. The van der Waals surface area contributed by atoms with Gasteiger partial charge >= 0.3 is 0 Å². The van der Waals surface area contributed by atoms with Gasteiger partial charge in [0.1, 0.15) is 5.82 Å². The second-order valence-electron chi connectivity index (χ2n) is 4.75. The number of amides is 1. The lowest BCUT2D eigenvalue weighted by molar-refractivity contribution is 0.0940. The van der Waals surface area contributed by atoms with Crippen LogP contribution >= 0.6 is 0 Å². The number of carbonyl (C=O) groups is 1. The van der Waals surface area contributed by atoms with Gasteiger partial charge in [-0.15, -0.1) is 0 Å². The first-order valence-corrected chi connectivity index (χ1v) is 6.97. The normalized spacial score (nSPS) is 10.6. The minimum atomic E-state index is -0.460. The number of ether oxygens (including phenoxy) is 1. The fraction of sp³-hybridized carbons (Fsp3) is 0.533. The molecule has 3 N–H and O–H groups in total. The van der Waals surface area contributed by atoms with E-state index >= 15 is 0 Å². The van der Waals surface area contributed by atoms with Crippen molar-refractivity contribution in [1.29, 1.82) is 0 Å². The molecule has 0 saturated carbocycles. The maximum atomic E-state index is 13.5. The molecular formula is C15H23FN2O2. The number of halogens is 1. The molecule has 1 amide bonds. The van der Waals surface area contributed by atoms with Gasteiger partial charge in [-0.25, -0.2) is 4.39 Å². The fourth-order valence-corrected chi connectivity index (χ4v) is 1.66. The Morgan fingerprint density at radius 3 is 2.70 bits per heavy atom. The Morgan fingerprint density at radius 2 is 2.05 bits per heavy atom. The number of nitrogens with one attached hydrogen (secondary N) is 1. The molecule has 0 bridgehead atoms. The van der Waals surface area contributed by atoms with Gasteiger partial charge in [0, 0.05) is 36.6 Å². The summed E-state index contributed by atoms with van der Waals surface area (Å²) in [7, 11) is 0. The van der Waals surface area contributed by atoms with Crippen molar-refractivity contribution in [3.63, 3.8) is 0 Å². The number of anilines is 1. The van der Waals surface area contributed by atoms with Crippen LogP contribution in [0.3, 0.4) is 0 Å². The summed E-state index contributed by atoms with van der Waals surface area (Å²) < 4.78 is 18.9. The minimum Gasteiger partial charge on any atom is -0.398 e. The Bertz CT molecular complexity index is 426. The average molecular weight is 282 g/mol. The molecule has 112 valence electrons. The third-order valence-corrected chi connectivity index (χ3v) is 3.04. The highest BCUT2D eigenvalue weighted by molar-refractivity contribution is 5.95. The molecule has 4 nitrogen and oxygen atoms in total. The van der Waals surface area contributed by atoms with Gasteiger partial charge in [-0.05, 0) is 31.9 Å². The van der Waals surface area contributed by atoms with Gasteiger partial charge in [-0.1, -0.05) is 13.3 Å². The number of nitrogens with two attached hydrogens (primary N) is 1. The second kappa shape index (κ2) is 8.53. The minimum absolute atomic E-state index is 0.248. The quantitative estimate of drug-likeness (QED) is 0.569. The summed E-state index contributed by atoms with van der Waals surface area (Å²) in [4.78, 5) is 11.8. The molecule has 0 heterocycles. The molecule has 1 aromatic carbocycles. The highest BCUT2D eigenvalue weighted by Crippen LogP contribution is 2.17. The number of benzene rings is 1. The molecule has 0 saturated heterocycles. The Morgan fingerprint density at radius 1 is 1.35 bits per heavy atom. The number of hydrogen-bond acceptors (Lipinski definition) is 3. The van der Waals surface area contributed by atoms with Crippen LogP contribution < -0.4 is 11.1 Å². The lowest BCUT2D eigenvalue weighted by Gasteiger charge is -2.08. The van der Waals surface area contributed by atoms with Crippen LogP contribution in [0.15, 0.2) is 12.1 Å². The van der Waals surface area contributed by atoms with Crippen LogP contribution in [0.4, 0.5) is 10.1 Å². The molecule has 1 aromatic rings. The summed E-state index contributed by atoms with van der Waals surface area (Å²) in [6.07, 6.45) is 2.89. The van der Waals surface area contributed by atoms with Gasteiger partial charge in [-0.2, -0.15) is 0 Å². The predicted octanol–water partition coefficient (Wildman–Crippen LogP) is 2.65. The first kappa shape index (κ1) is 16.4. The largest absolute Gasteiger partial charge is 0.398 e. The van der Waals surface area contributed by atoms with Crippen molar-refractivity contribution < 1.29 is 13.9 Å². The van der Waals surface area contributed by atoms with Gasteiger partial charge < -0.3 is 15.8 Å². The predicted molar refractivity (Wildman–Crippen MR) is 78.2 cm³/mol. The van der Waals surface area contributed by atoms with E-state index in [2.05, 4.69) is 12.2 Å². The number of rotatable bonds is 8. The highest BCUT2D eigenvalue weighted by atomic mass is 19.1. The zero-order chi connectivity index (χ0) is 15.0. The summed E-state index contributed by atoms with van der Waals surface area (Å²) in [6.45, 7) is 5.56. The van der Waals surface area contributed by atoms with Crippen LogP contribution in [-0.4, -0.2) is 25.7 Å². The van der Waals surface area contributed by atoms with Crippen LogP contribution in [0.2, 0.25) is 0 Å². The lowest BCUT2D eigenvalue weighted by atomic mass is 10.1. The van der Waals surface area contributed by atoms with Gasteiger partial charge in [-0.3, -0.25) is 4.79 Å². The Hall–Kier alpha value is -1.62. The Balaban J connectivity index is 2.33. The molecule has 0 unspecified atom stereocenters. The van der Waals surface area contributed by atoms with Crippen LogP contribution in [0.1, 0.15) is 42.1 Å². The van der Waals surface area contributed by atoms with E-state index in [4.69, 9.17) is 10.5 Å². The highest BCUT2D eigenvalue weighted by Gasteiger charge is 2.10. The van der Waals surface area contributed by atoms with E-state index in [0.29, 0.717) is 18.7 Å². The first-order chi connectivity index (χ1) is 9.56. The van der Waals surface area contributed by atoms with Crippen LogP contribution in [0.25, 0.3) is 0 Å². The standard InChI is InChI=1S/C15H23FN2O2/c1-3-4-7-20-8-5-6-18-15(19)12-9-13(16)11(2)14(17)10-12/h9-10H,3-8,17H2,1-2H3,(H,18,19). The third-order valence-electron chi connectivity index (χ3n) is 3.04. The number of nitrogen functional groups attached to an aromatic ring is 1.